The Kier molecular flexibility index (Phi) is 7.68. The van der Waals surface area contributed by atoms with E-state index in [2.05, 4.69) is 4.90 Å². The zero-order valence-corrected chi connectivity index (χ0v) is 17.6. The fourth-order valence-electron chi connectivity index (χ4n) is 4.39. The highest BCUT2D eigenvalue weighted by molar-refractivity contribution is 6.42. The Hall–Kier alpha value is -0.970. The molecule has 0 aromatic heterocycles. The van der Waals surface area contributed by atoms with Crippen LogP contribution in [0.1, 0.15) is 51.4 Å². The molecule has 1 amide bonds. The zero-order valence-electron chi connectivity index (χ0n) is 16.1. The van der Waals surface area contributed by atoms with Gasteiger partial charge in [-0.1, -0.05) is 48.9 Å². The highest BCUT2D eigenvalue weighted by Crippen LogP contribution is 2.29. The largest absolute Gasteiger partial charge is 0.484 e. The molecule has 4 nitrogen and oxygen atoms in total. The van der Waals surface area contributed by atoms with Gasteiger partial charge in [-0.2, -0.15) is 0 Å². The lowest BCUT2D eigenvalue weighted by atomic mass is 9.88. The second-order valence-corrected chi connectivity index (χ2v) is 8.55. The van der Waals surface area contributed by atoms with Crippen molar-refractivity contribution in [3.05, 3.63) is 28.2 Å². The number of carbonyl (C=O) groups is 1. The third kappa shape index (κ3) is 5.52. The van der Waals surface area contributed by atoms with E-state index in [0.29, 0.717) is 21.8 Å². The van der Waals surface area contributed by atoms with Gasteiger partial charge in [0.15, 0.2) is 6.61 Å². The minimum Gasteiger partial charge on any atom is -0.484 e. The van der Waals surface area contributed by atoms with Crippen LogP contribution in [0.15, 0.2) is 18.2 Å². The molecule has 2 aliphatic rings. The van der Waals surface area contributed by atoms with Crippen molar-refractivity contribution in [3.8, 4) is 5.75 Å². The summed E-state index contributed by atoms with van der Waals surface area (Å²) < 4.78 is 5.67. The molecule has 1 aliphatic carbocycles. The van der Waals surface area contributed by atoms with Gasteiger partial charge >= 0.3 is 0 Å². The van der Waals surface area contributed by atoms with Gasteiger partial charge in [-0.15, -0.1) is 0 Å². The second-order valence-electron chi connectivity index (χ2n) is 7.74. The van der Waals surface area contributed by atoms with Crippen LogP contribution in [0.2, 0.25) is 10.0 Å². The molecule has 0 spiro atoms. The molecular weight excluding hydrogens is 383 g/mol. The lowest BCUT2D eigenvalue weighted by Gasteiger charge is -2.43. The molecule has 1 aliphatic heterocycles. The lowest BCUT2D eigenvalue weighted by molar-refractivity contribution is -0.136. The topological polar surface area (TPSA) is 32.8 Å². The number of halogens is 2. The van der Waals surface area contributed by atoms with E-state index in [4.69, 9.17) is 27.9 Å². The van der Waals surface area contributed by atoms with Gasteiger partial charge in [0.1, 0.15) is 5.75 Å². The van der Waals surface area contributed by atoms with Crippen LogP contribution in [0, 0.1) is 0 Å². The first-order valence-corrected chi connectivity index (χ1v) is 10.9. The summed E-state index contributed by atoms with van der Waals surface area (Å²) in [5, 5.41) is 0.915. The molecule has 2 fully saturated rings. The molecule has 3 rings (SSSR count). The molecule has 0 N–H and O–H groups in total. The Morgan fingerprint density at radius 2 is 1.78 bits per heavy atom. The molecular formula is C21H30Cl2N2O2. The molecule has 0 bridgehead atoms. The smallest absolute Gasteiger partial charge is 0.260 e. The molecule has 6 heteroatoms. The number of likely N-dealkylation sites (tertiary alicyclic amines) is 1. The van der Waals surface area contributed by atoms with E-state index >= 15 is 0 Å². The number of likely N-dealkylation sites (N-methyl/N-ethyl adjacent to an activating group) is 1. The third-order valence-corrected chi connectivity index (χ3v) is 6.69. The van der Waals surface area contributed by atoms with Gasteiger partial charge in [-0.25, -0.2) is 0 Å². The Balaban J connectivity index is 1.60. The van der Waals surface area contributed by atoms with E-state index < -0.39 is 0 Å². The predicted octanol–water partition coefficient (Wildman–Crippen LogP) is 5.02. The van der Waals surface area contributed by atoms with Gasteiger partial charge in [0.2, 0.25) is 0 Å². The Morgan fingerprint density at radius 1 is 1.07 bits per heavy atom. The van der Waals surface area contributed by atoms with Gasteiger partial charge in [-0.05, 0) is 50.9 Å². The third-order valence-electron chi connectivity index (χ3n) is 5.95. The van der Waals surface area contributed by atoms with Crippen LogP contribution < -0.4 is 4.74 Å². The maximum Gasteiger partial charge on any atom is 0.260 e. The molecule has 2 unspecified atom stereocenters. The summed E-state index contributed by atoms with van der Waals surface area (Å²) in [7, 11) is 1.93. The molecule has 150 valence electrons. The highest BCUT2D eigenvalue weighted by Gasteiger charge is 2.34. The van der Waals surface area contributed by atoms with E-state index in [1.807, 2.05) is 11.9 Å². The quantitative estimate of drug-likeness (QED) is 0.680. The van der Waals surface area contributed by atoms with Crippen LogP contribution in [0.25, 0.3) is 0 Å². The first-order chi connectivity index (χ1) is 13.1. The molecule has 1 aromatic rings. The normalized spacial score (nSPS) is 24.3. The van der Waals surface area contributed by atoms with Gasteiger partial charge in [0.25, 0.3) is 5.91 Å². The summed E-state index contributed by atoms with van der Waals surface area (Å²) in [5.74, 6) is 0.589. The van der Waals surface area contributed by atoms with Gasteiger partial charge in [-0.3, -0.25) is 9.69 Å². The van der Waals surface area contributed by atoms with E-state index in [9.17, 15) is 4.79 Å². The summed E-state index contributed by atoms with van der Waals surface area (Å²) in [6, 6.07) is 5.83. The van der Waals surface area contributed by atoms with E-state index in [1.54, 1.807) is 18.2 Å². The fourth-order valence-corrected chi connectivity index (χ4v) is 4.68. The molecule has 1 saturated heterocycles. The fraction of sp³-hybridized carbons (Fsp3) is 0.667. The maximum absolute atomic E-state index is 12.8. The van der Waals surface area contributed by atoms with Crippen LogP contribution >= 0.6 is 23.2 Å². The average molecular weight is 413 g/mol. The standard InChI is InChI=1S/C21H30Cl2N2O2/c1-24(21(26)15-27-16-10-11-17(22)18(23)14-16)19-8-4-5-9-20(19)25-12-6-2-3-7-13-25/h10-11,14,19-20H,2-9,12-13,15H2,1H3. The van der Waals surface area contributed by atoms with Gasteiger partial charge in [0.05, 0.1) is 10.0 Å². The summed E-state index contributed by atoms with van der Waals surface area (Å²) in [6.07, 6.45) is 9.95. The Labute approximate surface area is 172 Å². The van der Waals surface area contributed by atoms with E-state index in [0.717, 1.165) is 6.42 Å². The van der Waals surface area contributed by atoms with Crippen LogP contribution in [0.3, 0.4) is 0 Å². The Morgan fingerprint density at radius 3 is 2.48 bits per heavy atom. The number of benzene rings is 1. The first kappa shape index (κ1) is 20.8. The van der Waals surface area contributed by atoms with Crippen LogP contribution in [-0.4, -0.2) is 54.5 Å². The zero-order chi connectivity index (χ0) is 19.2. The molecule has 1 saturated carbocycles. The maximum atomic E-state index is 12.8. The summed E-state index contributed by atoms with van der Waals surface area (Å²) in [5.41, 5.74) is 0. The van der Waals surface area contributed by atoms with Crippen molar-refractivity contribution in [1.29, 1.82) is 0 Å². The van der Waals surface area contributed by atoms with Crippen molar-refractivity contribution in [2.24, 2.45) is 0 Å². The monoisotopic (exact) mass is 412 g/mol. The van der Waals surface area contributed by atoms with Crippen molar-refractivity contribution in [2.75, 3.05) is 26.7 Å². The molecule has 0 radical (unpaired) electrons. The first-order valence-electron chi connectivity index (χ1n) is 10.1. The molecule has 1 heterocycles. The number of ether oxygens (including phenoxy) is 1. The van der Waals surface area contributed by atoms with Crippen molar-refractivity contribution in [2.45, 2.75) is 63.5 Å². The lowest BCUT2D eigenvalue weighted by Crippen LogP contribution is -2.54. The molecule has 1 aromatic carbocycles. The van der Waals surface area contributed by atoms with Gasteiger partial charge in [0, 0.05) is 25.2 Å². The van der Waals surface area contributed by atoms with Crippen molar-refractivity contribution in [3.63, 3.8) is 0 Å². The minimum atomic E-state index is 0.0211. The number of hydrogen-bond donors (Lipinski definition) is 0. The van der Waals surface area contributed by atoms with Crippen molar-refractivity contribution < 1.29 is 9.53 Å². The molecule has 2 atom stereocenters. The average Bonchev–Trinajstić information content (AvgIpc) is 2.97. The summed E-state index contributed by atoms with van der Waals surface area (Å²) >= 11 is 11.9. The molecule has 27 heavy (non-hydrogen) atoms. The van der Waals surface area contributed by atoms with E-state index in [1.165, 1.54) is 58.0 Å². The SMILES string of the molecule is CN(C(=O)COc1ccc(Cl)c(Cl)c1)C1CCCCC1N1CCCCCC1. The summed E-state index contributed by atoms with van der Waals surface area (Å²) in [6.45, 7) is 2.36. The van der Waals surface area contributed by atoms with Crippen molar-refractivity contribution >= 4 is 29.1 Å². The summed E-state index contributed by atoms with van der Waals surface area (Å²) in [4.78, 5) is 17.3. The number of hydrogen-bond acceptors (Lipinski definition) is 3. The van der Waals surface area contributed by atoms with Crippen LogP contribution in [0.5, 0.6) is 5.75 Å². The number of nitrogens with zero attached hydrogens (tertiary/aromatic N) is 2. The van der Waals surface area contributed by atoms with Crippen molar-refractivity contribution in [1.82, 2.24) is 9.80 Å². The Bertz CT molecular complexity index is 633. The number of rotatable bonds is 5. The van der Waals surface area contributed by atoms with Crippen LogP contribution in [-0.2, 0) is 4.79 Å². The second kappa shape index (κ2) is 9.99. The van der Waals surface area contributed by atoms with Gasteiger partial charge < -0.3 is 9.64 Å². The predicted molar refractivity (Wildman–Crippen MR) is 111 cm³/mol. The van der Waals surface area contributed by atoms with E-state index in [-0.39, 0.29) is 18.6 Å². The number of carbonyl (C=O) groups excluding carboxylic acids is 1. The highest BCUT2D eigenvalue weighted by atomic mass is 35.5. The number of amides is 1. The minimum absolute atomic E-state index is 0.0211. The van der Waals surface area contributed by atoms with Crippen LogP contribution in [0.4, 0.5) is 0 Å².